The minimum absolute atomic E-state index is 0.0650. The van der Waals surface area contributed by atoms with Crippen molar-refractivity contribution in [1.82, 2.24) is 10.6 Å². The van der Waals surface area contributed by atoms with Crippen molar-refractivity contribution < 1.29 is 24.2 Å². The zero-order valence-corrected chi connectivity index (χ0v) is 19.4. The van der Waals surface area contributed by atoms with Gasteiger partial charge < -0.3 is 20.5 Å². The van der Waals surface area contributed by atoms with Crippen molar-refractivity contribution in [3.8, 4) is 11.1 Å². The molecular weight excluding hydrogens is 432 g/mol. The lowest BCUT2D eigenvalue weighted by atomic mass is 9.90. The highest BCUT2D eigenvalue weighted by Gasteiger charge is 2.31. The van der Waals surface area contributed by atoms with Gasteiger partial charge in [0.1, 0.15) is 12.6 Å². The zero-order valence-electron chi connectivity index (χ0n) is 19.4. The fourth-order valence-electron chi connectivity index (χ4n) is 4.77. The van der Waals surface area contributed by atoms with E-state index in [1.807, 2.05) is 56.3 Å². The van der Waals surface area contributed by atoms with Crippen molar-refractivity contribution in [1.29, 1.82) is 0 Å². The minimum Gasteiger partial charge on any atom is -0.481 e. The van der Waals surface area contributed by atoms with E-state index in [2.05, 4.69) is 22.8 Å². The van der Waals surface area contributed by atoms with Gasteiger partial charge in [0.2, 0.25) is 5.91 Å². The average molecular weight is 463 g/mol. The summed E-state index contributed by atoms with van der Waals surface area (Å²) < 4.78 is 5.59. The third-order valence-corrected chi connectivity index (χ3v) is 6.57. The SMILES string of the molecule is CC(C)C(NC(=O)OCC1c2ccccc2-c2ccccc21)C(=O)NC1C=CCC(C(=O)O)C1. The highest BCUT2D eigenvalue weighted by atomic mass is 16.5. The largest absolute Gasteiger partial charge is 0.481 e. The lowest BCUT2D eigenvalue weighted by Gasteiger charge is -2.27. The first kappa shape index (κ1) is 23.5. The molecule has 34 heavy (non-hydrogen) atoms. The highest BCUT2D eigenvalue weighted by Crippen LogP contribution is 2.44. The van der Waals surface area contributed by atoms with Crippen LogP contribution < -0.4 is 10.6 Å². The summed E-state index contributed by atoms with van der Waals surface area (Å²) >= 11 is 0. The van der Waals surface area contributed by atoms with Crippen LogP contribution in [0.4, 0.5) is 4.79 Å². The number of benzene rings is 2. The Hall–Kier alpha value is -3.61. The number of alkyl carbamates (subject to hydrolysis) is 1. The van der Waals surface area contributed by atoms with Gasteiger partial charge in [-0.05, 0) is 41.0 Å². The van der Waals surface area contributed by atoms with Crippen LogP contribution in [0.5, 0.6) is 0 Å². The van der Waals surface area contributed by atoms with Gasteiger partial charge in [0.05, 0.1) is 5.92 Å². The molecule has 7 nitrogen and oxygen atoms in total. The predicted molar refractivity (Wildman–Crippen MR) is 128 cm³/mol. The first-order valence-corrected chi connectivity index (χ1v) is 11.7. The first-order chi connectivity index (χ1) is 16.3. The van der Waals surface area contributed by atoms with Crippen LogP contribution >= 0.6 is 0 Å². The maximum absolute atomic E-state index is 12.9. The molecule has 2 aromatic rings. The number of hydrogen-bond acceptors (Lipinski definition) is 4. The number of fused-ring (bicyclic) bond motifs is 3. The smallest absolute Gasteiger partial charge is 0.407 e. The van der Waals surface area contributed by atoms with Crippen molar-refractivity contribution in [2.75, 3.05) is 6.61 Å². The third kappa shape index (κ3) is 4.98. The molecule has 0 bridgehead atoms. The van der Waals surface area contributed by atoms with E-state index >= 15 is 0 Å². The molecule has 2 aliphatic carbocycles. The van der Waals surface area contributed by atoms with Gasteiger partial charge in [0, 0.05) is 12.0 Å². The number of carboxylic acids is 1. The van der Waals surface area contributed by atoms with Crippen LogP contribution in [-0.4, -0.2) is 41.8 Å². The van der Waals surface area contributed by atoms with Crippen molar-refractivity contribution in [3.63, 3.8) is 0 Å². The van der Waals surface area contributed by atoms with Gasteiger partial charge in [-0.1, -0.05) is 74.5 Å². The fraction of sp³-hybridized carbons (Fsp3) is 0.370. The number of rotatable bonds is 7. The lowest BCUT2D eigenvalue weighted by Crippen LogP contribution is -2.52. The molecule has 3 N–H and O–H groups in total. The van der Waals surface area contributed by atoms with E-state index < -0.39 is 24.0 Å². The highest BCUT2D eigenvalue weighted by molar-refractivity contribution is 5.86. The van der Waals surface area contributed by atoms with Gasteiger partial charge in [-0.15, -0.1) is 0 Å². The Morgan fingerprint density at radius 1 is 1.03 bits per heavy atom. The Labute approximate surface area is 199 Å². The number of aliphatic carboxylic acids is 1. The van der Waals surface area contributed by atoms with Crippen molar-refractivity contribution in [3.05, 3.63) is 71.8 Å². The van der Waals surface area contributed by atoms with Gasteiger partial charge >= 0.3 is 12.1 Å². The quantitative estimate of drug-likeness (QED) is 0.538. The van der Waals surface area contributed by atoms with E-state index in [9.17, 15) is 19.5 Å². The van der Waals surface area contributed by atoms with Crippen LogP contribution in [0.25, 0.3) is 11.1 Å². The maximum atomic E-state index is 12.9. The maximum Gasteiger partial charge on any atom is 0.407 e. The number of amides is 2. The second kappa shape index (κ2) is 10.1. The predicted octanol–water partition coefficient (Wildman–Crippen LogP) is 4.09. The monoisotopic (exact) mass is 462 g/mol. The molecule has 0 saturated carbocycles. The summed E-state index contributed by atoms with van der Waals surface area (Å²) in [6.45, 7) is 3.84. The van der Waals surface area contributed by atoms with E-state index in [1.54, 1.807) is 6.08 Å². The minimum atomic E-state index is -0.874. The fourth-order valence-corrected chi connectivity index (χ4v) is 4.77. The standard InChI is InChI=1S/C27H30N2O5/c1-16(2)24(25(30)28-18-9-7-8-17(14-18)26(31)32)29-27(33)34-15-23-21-12-5-3-10-19(21)20-11-4-6-13-22(20)23/h3-7,9-13,16-18,23-24H,8,14-15H2,1-2H3,(H,28,30)(H,29,33)(H,31,32). The summed E-state index contributed by atoms with van der Waals surface area (Å²) in [5.41, 5.74) is 4.52. The molecule has 2 aromatic carbocycles. The van der Waals surface area contributed by atoms with Gasteiger partial charge in [-0.2, -0.15) is 0 Å². The first-order valence-electron chi connectivity index (χ1n) is 11.7. The second-order valence-electron chi connectivity index (χ2n) is 9.24. The number of nitrogens with one attached hydrogen (secondary N) is 2. The molecule has 4 rings (SSSR count). The number of hydrogen-bond donors (Lipinski definition) is 3. The molecule has 7 heteroatoms. The molecule has 2 amide bonds. The van der Waals surface area contributed by atoms with E-state index in [1.165, 1.54) is 0 Å². The van der Waals surface area contributed by atoms with Gasteiger partial charge in [0.15, 0.2) is 0 Å². The summed E-state index contributed by atoms with van der Waals surface area (Å²) in [6, 6.07) is 15.0. The van der Waals surface area contributed by atoms with E-state index in [0.717, 1.165) is 22.3 Å². The van der Waals surface area contributed by atoms with E-state index in [4.69, 9.17) is 4.74 Å². The van der Waals surface area contributed by atoms with Crippen LogP contribution in [-0.2, 0) is 14.3 Å². The topological polar surface area (TPSA) is 105 Å². The van der Waals surface area contributed by atoms with E-state index in [-0.39, 0.29) is 30.4 Å². The van der Waals surface area contributed by atoms with Crippen LogP contribution in [0.1, 0.15) is 43.7 Å². The molecule has 0 aliphatic heterocycles. The number of ether oxygens (including phenoxy) is 1. The molecule has 0 saturated heterocycles. The second-order valence-corrected chi connectivity index (χ2v) is 9.24. The Morgan fingerprint density at radius 2 is 1.65 bits per heavy atom. The van der Waals surface area contributed by atoms with Crippen LogP contribution in [0.2, 0.25) is 0 Å². The summed E-state index contributed by atoms with van der Waals surface area (Å²) in [6.07, 6.45) is 3.71. The normalized spacial score (nSPS) is 19.7. The van der Waals surface area contributed by atoms with Crippen LogP contribution in [0.3, 0.4) is 0 Å². The molecule has 0 radical (unpaired) electrons. The molecule has 178 valence electrons. The van der Waals surface area contributed by atoms with Crippen molar-refractivity contribution >= 4 is 18.0 Å². The van der Waals surface area contributed by atoms with Gasteiger partial charge in [0.25, 0.3) is 0 Å². The molecular formula is C27H30N2O5. The molecule has 0 spiro atoms. The average Bonchev–Trinajstić information content (AvgIpc) is 3.15. The molecule has 0 aromatic heterocycles. The Balaban J connectivity index is 1.37. The molecule has 0 heterocycles. The zero-order chi connectivity index (χ0) is 24.2. The van der Waals surface area contributed by atoms with Crippen LogP contribution in [0, 0.1) is 11.8 Å². The number of carboxylic acid groups (broad SMARTS) is 1. The van der Waals surface area contributed by atoms with Crippen molar-refractivity contribution in [2.45, 2.75) is 44.7 Å². The number of carbonyl (C=O) groups is 3. The molecule has 3 atom stereocenters. The summed E-state index contributed by atoms with van der Waals surface area (Å²) in [7, 11) is 0. The summed E-state index contributed by atoms with van der Waals surface area (Å²) in [5.74, 6) is -2.00. The number of allylic oxidation sites excluding steroid dienone is 1. The van der Waals surface area contributed by atoms with Crippen molar-refractivity contribution in [2.24, 2.45) is 11.8 Å². The molecule has 2 aliphatic rings. The lowest BCUT2D eigenvalue weighted by molar-refractivity contribution is -0.142. The van der Waals surface area contributed by atoms with E-state index in [0.29, 0.717) is 12.8 Å². The Morgan fingerprint density at radius 3 is 2.24 bits per heavy atom. The van der Waals surface area contributed by atoms with Gasteiger partial charge in [-0.25, -0.2) is 4.79 Å². The Kier molecular flexibility index (Phi) is 7.01. The number of carbonyl (C=O) groups excluding carboxylic acids is 2. The summed E-state index contributed by atoms with van der Waals surface area (Å²) in [5, 5.41) is 14.8. The third-order valence-electron chi connectivity index (χ3n) is 6.57. The van der Waals surface area contributed by atoms with Crippen LogP contribution in [0.15, 0.2) is 60.7 Å². The Bertz CT molecular complexity index is 1060. The molecule has 3 unspecified atom stereocenters. The molecule has 0 fully saturated rings. The summed E-state index contributed by atoms with van der Waals surface area (Å²) in [4.78, 5) is 36.8. The van der Waals surface area contributed by atoms with Gasteiger partial charge in [-0.3, -0.25) is 9.59 Å².